The van der Waals surface area contributed by atoms with Gasteiger partial charge in [0, 0.05) is 11.8 Å². The molecule has 2 heteroatoms. The number of allylic oxidation sites excluding steroid dienone is 1. The van der Waals surface area contributed by atoms with Crippen LogP contribution in [0, 0.1) is 17.8 Å². The molecule has 1 aliphatic heterocycles. The van der Waals surface area contributed by atoms with Gasteiger partial charge >= 0.3 is 0 Å². The number of rotatable bonds is 3. The van der Waals surface area contributed by atoms with E-state index in [4.69, 9.17) is 9.47 Å². The predicted molar refractivity (Wildman–Crippen MR) is 49.4 cm³/mol. The van der Waals surface area contributed by atoms with Gasteiger partial charge in [0.15, 0.2) is 0 Å². The molecule has 0 radical (unpaired) electrons. The first kappa shape index (κ1) is 8.01. The van der Waals surface area contributed by atoms with Gasteiger partial charge in [-0.2, -0.15) is 0 Å². The third kappa shape index (κ3) is 1.42. The molecule has 1 heterocycles. The van der Waals surface area contributed by atoms with E-state index in [1.54, 1.807) is 0 Å². The van der Waals surface area contributed by atoms with Gasteiger partial charge in [-0.15, -0.1) is 0 Å². The number of fused-ring (bicyclic) bond motifs is 2. The summed E-state index contributed by atoms with van der Waals surface area (Å²) in [4.78, 5) is 0. The fourth-order valence-corrected chi connectivity index (χ4v) is 2.56. The molecule has 2 fully saturated rings. The van der Waals surface area contributed by atoms with Crippen molar-refractivity contribution in [2.45, 2.75) is 18.9 Å². The van der Waals surface area contributed by atoms with E-state index in [1.807, 2.05) is 0 Å². The second kappa shape index (κ2) is 3.10. The molecule has 2 bridgehead atoms. The Balaban J connectivity index is 1.48. The largest absolute Gasteiger partial charge is 0.381 e. The molecule has 13 heavy (non-hydrogen) atoms. The van der Waals surface area contributed by atoms with E-state index in [0.29, 0.717) is 12.0 Å². The predicted octanol–water partition coefficient (Wildman–Crippen LogP) is 1.61. The highest BCUT2D eigenvalue weighted by Gasteiger charge is 2.36. The third-order valence-electron chi connectivity index (χ3n) is 3.47. The number of hydrogen-bond acceptors (Lipinski definition) is 2. The molecule has 3 aliphatic rings. The molecule has 2 nitrogen and oxygen atoms in total. The highest BCUT2D eigenvalue weighted by molar-refractivity contribution is 5.10. The molecular weight excluding hydrogens is 164 g/mol. The van der Waals surface area contributed by atoms with E-state index in [1.165, 1.54) is 12.8 Å². The van der Waals surface area contributed by atoms with Crippen LogP contribution >= 0.6 is 0 Å². The maximum atomic E-state index is 5.91. The minimum Gasteiger partial charge on any atom is -0.381 e. The number of ether oxygens (including phenoxy) is 2. The van der Waals surface area contributed by atoms with Gasteiger partial charge < -0.3 is 9.47 Å². The smallest absolute Gasteiger partial charge is 0.0643 e. The molecule has 0 aromatic rings. The van der Waals surface area contributed by atoms with Crippen LogP contribution in [0.4, 0.5) is 0 Å². The lowest BCUT2D eigenvalue weighted by molar-refractivity contribution is -0.0907. The molecule has 3 rings (SSSR count). The van der Waals surface area contributed by atoms with Crippen molar-refractivity contribution < 1.29 is 9.47 Å². The van der Waals surface area contributed by atoms with Crippen LogP contribution in [-0.4, -0.2) is 25.9 Å². The average molecular weight is 180 g/mol. The van der Waals surface area contributed by atoms with Gasteiger partial charge in [0.25, 0.3) is 0 Å². The standard InChI is InChI=1S/C11H16O2/c1-2-10-3-8(1)4-11(10)13-7-9-5-12-6-9/h1-2,8-11H,3-7H2. The van der Waals surface area contributed by atoms with Crippen LogP contribution in [0.5, 0.6) is 0 Å². The second-order valence-corrected chi connectivity index (χ2v) is 4.56. The summed E-state index contributed by atoms with van der Waals surface area (Å²) in [6.07, 6.45) is 7.82. The van der Waals surface area contributed by atoms with Gasteiger partial charge in [-0.05, 0) is 18.8 Å². The van der Waals surface area contributed by atoms with Gasteiger partial charge in [-0.25, -0.2) is 0 Å². The lowest BCUT2D eigenvalue weighted by Crippen LogP contribution is -2.34. The SMILES string of the molecule is C1=CC2CC1CC2OCC1COC1. The van der Waals surface area contributed by atoms with Crippen molar-refractivity contribution in [2.24, 2.45) is 17.8 Å². The van der Waals surface area contributed by atoms with Crippen LogP contribution in [-0.2, 0) is 9.47 Å². The third-order valence-corrected chi connectivity index (χ3v) is 3.47. The van der Waals surface area contributed by atoms with E-state index in [2.05, 4.69) is 12.2 Å². The second-order valence-electron chi connectivity index (χ2n) is 4.56. The zero-order valence-corrected chi connectivity index (χ0v) is 7.82. The van der Waals surface area contributed by atoms with E-state index in [9.17, 15) is 0 Å². The lowest BCUT2D eigenvalue weighted by Gasteiger charge is -2.28. The fourth-order valence-electron chi connectivity index (χ4n) is 2.56. The Morgan fingerprint density at radius 3 is 2.69 bits per heavy atom. The van der Waals surface area contributed by atoms with Crippen LogP contribution in [0.3, 0.4) is 0 Å². The topological polar surface area (TPSA) is 18.5 Å². The van der Waals surface area contributed by atoms with Crippen LogP contribution in [0.25, 0.3) is 0 Å². The van der Waals surface area contributed by atoms with E-state index in [-0.39, 0.29) is 0 Å². The van der Waals surface area contributed by atoms with Crippen molar-refractivity contribution in [1.82, 2.24) is 0 Å². The first-order valence-electron chi connectivity index (χ1n) is 5.29. The summed E-state index contributed by atoms with van der Waals surface area (Å²) in [6.45, 7) is 2.75. The molecule has 2 aliphatic carbocycles. The van der Waals surface area contributed by atoms with Crippen molar-refractivity contribution in [3.05, 3.63) is 12.2 Å². The van der Waals surface area contributed by atoms with Crippen molar-refractivity contribution >= 4 is 0 Å². The lowest BCUT2D eigenvalue weighted by atomic mass is 10.0. The quantitative estimate of drug-likeness (QED) is 0.614. The van der Waals surface area contributed by atoms with Crippen molar-refractivity contribution in [2.75, 3.05) is 19.8 Å². The maximum absolute atomic E-state index is 5.91. The monoisotopic (exact) mass is 180 g/mol. The van der Waals surface area contributed by atoms with Gasteiger partial charge in [0.2, 0.25) is 0 Å². The van der Waals surface area contributed by atoms with Gasteiger partial charge in [0.1, 0.15) is 0 Å². The average Bonchev–Trinajstić information content (AvgIpc) is 2.61. The highest BCUT2D eigenvalue weighted by Crippen LogP contribution is 2.40. The zero-order chi connectivity index (χ0) is 8.67. The normalized spacial score (nSPS) is 42.6. The Labute approximate surface area is 78.9 Å². The van der Waals surface area contributed by atoms with Crippen LogP contribution < -0.4 is 0 Å². The summed E-state index contributed by atoms with van der Waals surface area (Å²) < 4.78 is 11.0. The highest BCUT2D eigenvalue weighted by atomic mass is 16.5. The first-order valence-corrected chi connectivity index (χ1v) is 5.29. The van der Waals surface area contributed by atoms with Gasteiger partial charge in [-0.3, -0.25) is 0 Å². The van der Waals surface area contributed by atoms with Crippen LogP contribution in [0.2, 0.25) is 0 Å². The van der Waals surface area contributed by atoms with Gasteiger partial charge in [0.05, 0.1) is 25.9 Å². The van der Waals surface area contributed by atoms with Crippen LogP contribution in [0.15, 0.2) is 12.2 Å². The molecule has 1 saturated carbocycles. The molecule has 0 spiro atoms. The summed E-state index contributed by atoms with van der Waals surface area (Å²) in [5, 5.41) is 0. The van der Waals surface area contributed by atoms with Crippen molar-refractivity contribution in [1.29, 1.82) is 0 Å². The number of hydrogen-bond donors (Lipinski definition) is 0. The Hall–Kier alpha value is -0.340. The summed E-state index contributed by atoms with van der Waals surface area (Å²) in [5.74, 6) is 2.24. The fraction of sp³-hybridized carbons (Fsp3) is 0.818. The Morgan fingerprint density at radius 1 is 1.23 bits per heavy atom. The maximum Gasteiger partial charge on any atom is 0.0643 e. The molecule has 0 aromatic carbocycles. The molecular formula is C11H16O2. The molecule has 3 unspecified atom stereocenters. The van der Waals surface area contributed by atoms with Crippen LogP contribution in [0.1, 0.15) is 12.8 Å². The van der Waals surface area contributed by atoms with Gasteiger partial charge in [-0.1, -0.05) is 12.2 Å². The van der Waals surface area contributed by atoms with Crippen molar-refractivity contribution in [3.8, 4) is 0 Å². The Morgan fingerprint density at radius 2 is 2.15 bits per heavy atom. The minimum absolute atomic E-state index is 0.524. The Kier molecular flexibility index (Phi) is 1.91. The molecule has 0 aromatic heterocycles. The molecule has 0 N–H and O–H groups in total. The Bertz CT molecular complexity index is 220. The molecule has 1 saturated heterocycles. The van der Waals surface area contributed by atoms with E-state index < -0.39 is 0 Å². The summed E-state index contributed by atoms with van der Waals surface area (Å²) in [7, 11) is 0. The summed E-state index contributed by atoms with van der Waals surface area (Å²) in [5.41, 5.74) is 0. The first-order chi connectivity index (χ1) is 6.42. The summed E-state index contributed by atoms with van der Waals surface area (Å²) >= 11 is 0. The van der Waals surface area contributed by atoms with E-state index in [0.717, 1.165) is 31.7 Å². The van der Waals surface area contributed by atoms with E-state index >= 15 is 0 Å². The van der Waals surface area contributed by atoms with Crippen molar-refractivity contribution in [3.63, 3.8) is 0 Å². The molecule has 3 atom stereocenters. The minimum atomic E-state index is 0.524. The summed E-state index contributed by atoms with van der Waals surface area (Å²) in [6, 6.07) is 0. The molecule has 72 valence electrons. The zero-order valence-electron chi connectivity index (χ0n) is 7.82. The molecule has 0 amide bonds.